The van der Waals surface area contributed by atoms with E-state index in [1.54, 1.807) is 6.07 Å². The van der Waals surface area contributed by atoms with Crippen molar-refractivity contribution in [1.29, 1.82) is 0 Å². The molecule has 1 aromatic rings. The largest absolute Gasteiger partial charge is 0.469 e. The summed E-state index contributed by atoms with van der Waals surface area (Å²) in [7, 11) is 1.35. The Morgan fingerprint density at radius 3 is 2.56 bits per heavy atom. The van der Waals surface area contributed by atoms with E-state index >= 15 is 0 Å². The number of Topliss-reactive ketones (excluding diaryl/α,β-unsaturated/α-hetero) is 1. The first-order chi connectivity index (χ1) is 7.60. The third kappa shape index (κ3) is 2.69. The lowest BCUT2D eigenvalue weighted by Gasteiger charge is -2.09. The molecule has 1 rings (SSSR count). The molecular weight excluding hydrogens is 204 g/mol. The van der Waals surface area contributed by atoms with Crippen molar-refractivity contribution >= 4 is 11.8 Å². The standard InChI is InChI=1S/C13H16O3/c1-4-11(14)13-9(2)6-5-7-10(13)8-12(15)16-3/h5-7H,4,8H2,1-3H3. The Balaban J connectivity index is 3.12. The minimum atomic E-state index is -0.323. The molecule has 0 saturated carbocycles. The summed E-state index contributed by atoms with van der Waals surface area (Å²) in [6.45, 7) is 3.69. The summed E-state index contributed by atoms with van der Waals surface area (Å²) in [5.74, 6) is -0.257. The van der Waals surface area contributed by atoms with E-state index < -0.39 is 0 Å². The van der Waals surface area contributed by atoms with E-state index in [-0.39, 0.29) is 18.2 Å². The van der Waals surface area contributed by atoms with Crippen LogP contribution in [0.4, 0.5) is 0 Å². The molecule has 3 nitrogen and oxygen atoms in total. The molecule has 0 saturated heterocycles. The zero-order valence-corrected chi connectivity index (χ0v) is 9.87. The van der Waals surface area contributed by atoms with E-state index in [1.807, 2.05) is 26.0 Å². The number of rotatable bonds is 4. The van der Waals surface area contributed by atoms with Crippen LogP contribution in [0, 0.1) is 6.92 Å². The lowest BCUT2D eigenvalue weighted by Crippen LogP contribution is -2.11. The molecule has 0 bridgehead atoms. The third-order valence-electron chi connectivity index (χ3n) is 2.52. The number of esters is 1. The van der Waals surface area contributed by atoms with Crippen LogP contribution in [0.15, 0.2) is 18.2 Å². The van der Waals surface area contributed by atoms with Gasteiger partial charge in [0.05, 0.1) is 13.5 Å². The fraction of sp³-hybridized carbons (Fsp3) is 0.385. The molecule has 0 aliphatic carbocycles. The molecule has 0 amide bonds. The molecule has 0 atom stereocenters. The Hall–Kier alpha value is -1.64. The maximum atomic E-state index is 11.8. The maximum Gasteiger partial charge on any atom is 0.310 e. The van der Waals surface area contributed by atoms with Gasteiger partial charge >= 0.3 is 5.97 Å². The highest BCUT2D eigenvalue weighted by Gasteiger charge is 2.14. The van der Waals surface area contributed by atoms with Crippen molar-refractivity contribution in [2.24, 2.45) is 0 Å². The molecule has 0 fully saturated rings. The number of carbonyl (C=O) groups is 2. The minimum absolute atomic E-state index is 0.0667. The molecule has 86 valence electrons. The summed E-state index contributed by atoms with van der Waals surface area (Å²) >= 11 is 0. The second kappa shape index (κ2) is 5.45. The van der Waals surface area contributed by atoms with Crippen molar-refractivity contribution in [2.75, 3.05) is 7.11 Å². The van der Waals surface area contributed by atoms with Crippen molar-refractivity contribution in [3.05, 3.63) is 34.9 Å². The summed E-state index contributed by atoms with van der Waals surface area (Å²) in [5.41, 5.74) is 2.32. The van der Waals surface area contributed by atoms with E-state index in [9.17, 15) is 9.59 Å². The first kappa shape index (κ1) is 12.4. The first-order valence-corrected chi connectivity index (χ1v) is 5.28. The van der Waals surface area contributed by atoms with Gasteiger partial charge in [0.2, 0.25) is 0 Å². The van der Waals surface area contributed by atoms with Gasteiger partial charge in [-0.3, -0.25) is 9.59 Å². The van der Waals surface area contributed by atoms with Gasteiger partial charge in [-0.2, -0.15) is 0 Å². The van der Waals surface area contributed by atoms with Crippen LogP contribution < -0.4 is 0 Å². The van der Waals surface area contributed by atoms with Crippen LogP contribution in [0.3, 0.4) is 0 Å². The second-order valence-corrected chi connectivity index (χ2v) is 3.64. The molecule has 0 heterocycles. The summed E-state index contributed by atoms with van der Waals surface area (Å²) in [5, 5.41) is 0. The Labute approximate surface area is 95.4 Å². The summed E-state index contributed by atoms with van der Waals surface area (Å²) < 4.78 is 4.61. The average Bonchev–Trinajstić information content (AvgIpc) is 2.28. The van der Waals surface area contributed by atoms with E-state index in [0.717, 1.165) is 11.1 Å². The number of methoxy groups -OCH3 is 1. The van der Waals surface area contributed by atoms with Gasteiger partial charge in [-0.25, -0.2) is 0 Å². The van der Waals surface area contributed by atoms with Gasteiger partial charge in [0, 0.05) is 12.0 Å². The van der Waals surface area contributed by atoms with Crippen LogP contribution >= 0.6 is 0 Å². The fourth-order valence-electron chi connectivity index (χ4n) is 1.68. The molecule has 0 aliphatic rings. The molecule has 0 aromatic heterocycles. The Morgan fingerprint density at radius 1 is 1.31 bits per heavy atom. The number of ketones is 1. The maximum absolute atomic E-state index is 11.8. The lowest BCUT2D eigenvalue weighted by atomic mass is 9.95. The number of ether oxygens (including phenoxy) is 1. The van der Waals surface area contributed by atoms with E-state index in [2.05, 4.69) is 4.74 Å². The average molecular weight is 220 g/mol. The number of benzene rings is 1. The Morgan fingerprint density at radius 2 is 2.00 bits per heavy atom. The normalized spacial score (nSPS) is 9.94. The summed E-state index contributed by atoms with van der Waals surface area (Å²) in [6, 6.07) is 5.52. The zero-order valence-electron chi connectivity index (χ0n) is 9.87. The van der Waals surface area contributed by atoms with Crippen molar-refractivity contribution in [1.82, 2.24) is 0 Å². The van der Waals surface area contributed by atoms with Gasteiger partial charge in [0.25, 0.3) is 0 Å². The van der Waals surface area contributed by atoms with Crippen molar-refractivity contribution in [3.8, 4) is 0 Å². The van der Waals surface area contributed by atoms with Crippen LogP contribution in [0.25, 0.3) is 0 Å². The molecule has 3 heteroatoms. The monoisotopic (exact) mass is 220 g/mol. The van der Waals surface area contributed by atoms with Crippen molar-refractivity contribution in [2.45, 2.75) is 26.7 Å². The van der Waals surface area contributed by atoms with Gasteiger partial charge in [0.15, 0.2) is 5.78 Å². The predicted molar refractivity (Wildman–Crippen MR) is 61.5 cm³/mol. The molecule has 0 N–H and O–H groups in total. The van der Waals surface area contributed by atoms with Gasteiger partial charge in [-0.05, 0) is 18.1 Å². The van der Waals surface area contributed by atoms with Crippen LogP contribution in [-0.2, 0) is 16.0 Å². The molecule has 0 radical (unpaired) electrons. The number of carbonyl (C=O) groups excluding carboxylic acids is 2. The van der Waals surface area contributed by atoms with Gasteiger partial charge in [-0.1, -0.05) is 25.1 Å². The number of hydrogen-bond acceptors (Lipinski definition) is 3. The lowest BCUT2D eigenvalue weighted by molar-refractivity contribution is -0.139. The quantitative estimate of drug-likeness (QED) is 0.577. The topological polar surface area (TPSA) is 43.4 Å². The van der Waals surface area contributed by atoms with E-state index in [4.69, 9.17) is 0 Å². The third-order valence-corrected chi connectivity index (χ3v) is 2.52. The molecule has 1 aromatic carbocycles. The zero-order chi connectivity index (χ0) is 12.1. The Bertz CT molecular complexity index is 408. The van der Waals surface area contributed by atoms with Crippen LogP contribution in [0.1, 0.15) is 34.8 Å². The Kier molecular flexibility index (Phi) is 4.23. The molecule has 16 heavy (non-hydrogen) atoms. The van der Waals surface area contributed by atoms with Gasteiger partial charge in [-0.15, -0.1) is 0 Å². The highest BCUT2D eigenvalue weighted by atomic mass is 16.5. The van der Waals surface area contributed by atoms with Crippen LogP contribution in [-0.4, -0.2) is 18.9 Å². The molecule has 0 aliphatic heterocycles. The van der Waals surface area contributed by atoms with Gasteiger partial charge in [0.1, 0.15) is 0 Å². The second-order valence-electron chi connectivity index (χ2n) is 3.64. The summed E-state index contributed by atoms with van der Waals surface area (Å²) in [4.78, 5) is 23.0. The molecule has 0 unspecified atom stereocenters. The van der Waals surface area contributed by atoms with Crippen LogP contribution in [0.5, 0.6) is 0 Å². The highest BCUT2D eigenvalue weighted by molar-refractivity contribution is 5.99. The first-order valence-electron chi connectivity index (χ1n) is 5.28. The van der Waals surface area contributed by atoms with Crippen molar-refractivity contribution in [3.63, 3.8) is 0 Å². The fourth-order valence-corrected chi connectivity index (χ4v) is 1.68. The van der Waals surface area contributed by atoms with Crippen molar-refractivity contribution < 1.29 is 14.3 Å². The van der Waals surface area contributed by atoms with Crippen LogP contribution in [0.2, 0.25) is 0 Å². The molecular formula is C13H16O3. The van der Waals surface area contributed by atoms with E-state index in [0.29, 0.717) is 12.0 Å². The number of hydrogen-bond donors (Lipinski definition) is 0. The van der Waals surface area contributed by atoms with E-state index in [1.165, 1.54) is 7.11 Å². The van der Waals surface area contributed by atoms with Gasteiger partial charge < -0.3 is 4.74 Å². The highest BCUT2D eigenvalue weighted by Crippen LogP contribution is 2.17. The number of aryl methyl sites for hydroxylation is 1. The SMILES string of the molecule is CCC(=O)c1c(C)cccc1CC(=O)OC. The smallest absolute Gasteiger partial charge is 0.310 e. The summed E-state index contributed by atoms with van der Waals surface area (Å²) in [6.07, 6.45) is 0.596. The molecule has 0 spiro atoms. The minimum Gasteiger partial charge on any atom is -0.469 e. The predicted octanol–water partition coefficient (Wildman–Crippen LogP) is 2.30.